The second-order valence-corrected chi connectivity index (χ2v) is 16.2. The van der Waals surface area contributed by atoms with Crippen molar-refractivity contribution in [1.82, 2.24) is 10.6 Å². The summed E-state index contributed by atoms with van der Waals surface area (Å²) < 4.78 is 19.2. The smallest absolute Gasteiger partial charge is 0.332 e. The van der Waals surface area contributed by atoms with Crippen molar-refractivity contribution in [2.45, 2.75) is 152 Å². The number of ether oxygens (including phenoxy) is 3. The van der Waals surface area contributed by atoms with E-state index in [1.165, 1.54) is 6.92 Å². The van der Waals surface area contributed by atoms with Crippen molar-refractivity contribution in [2.75, 3.05) is 26.3 Å². The van der Waals surface area contributed by atoms with Gasteiger partial charge in [0, 0.05) is 37.4 Å². The molecule has 0 radical (unpaired) electrons. The number of aliphatic hydroxyl groups is 2. The molecule has 0 spiro atoms. The van der Waals surface area contributed by atoms with Gasteiger partial charge in [-0.1, -0.05) is 18.9 Å². The molecule has 0 bridgehead atoms. The fourth-order valence-corrected chi connectivity index (χ4v) is 10.6. The highest BCUT2D eigenvalue weighted by Crippen LogP contribution is 2.59. The van der Waals surface area contributed by atoms with E-state index in [1.54, 1.807) is 13.0 Å². The van der Waals surface area contributed by atoms with Crippen molar-refractivity contribution in [1.29, 1.82) is 0 Å². The highest BCUT2D eigenvalue weighted by atomic mass is 16.6. The Bertz CT molecular complexity index is 1390. The van der Waals surface area contributed by atoms with Crippen LogP contribution in [0.3, 0.4) is 0 Å². The molecule has 1 amide bonds. The first-order valence-corrected chi connectivity index (χ1v) is 19.8. The minimum atomic E-state index is -1.08. The maximum Gasteiger partial charge on any atom is 0.332 e. The topological polar surface area (TPSA) is 164 Å². The maximum atomic E-state index is 14.9. The van der Waals surface area contributed by atoms with Crippen molar-refractivity contribution in [3.63, 3.8) is 0 Å². The van der Waals surface area contributed by atoms with Gasteiger partial charge in [-0.05, 0) is 132 Å². The molecular formula is C40H60N2O9. The second kappa shape index (κ2) is 16.4. The molecule has 3 aliphatic heterocycles. The SMILES string of the molecule is CC(=O)OC(CC(OC(=O)C12CCCCC1CCC(=O)N2)C1(C2CCC3CCOc4c(O)ccc2c43)CCNCC1)C(CCCO)CCC(C)O. The number of benzene rings is 1. The van der Waals surface area contributed by atoms with Crippen LogP contribution < -0.4 is 15.4 Å². The molecular weight excluding hydrogens is 652 g/mol. The number of aromatic hydroxyl groups is 1. The normalized spacial score (nSPS) is 29.2. The first-order chi connectivity index (χ1) is 24.6. The lowest BCUT2D eigenvalue weighted by atomic mass is 9.57. The quantitative estimate of drug-likeness (QED) is 0.164. The highest BCUT2D eigenvalue weighted by Gasteiger charge is 2.56. The zero-order valence-corrected chi connectivity index (χ0v) is 30.6. The van der Waals surface area contributed by atoms with Crippen LogP contribution in [0.2, 0.25) is 0 Å². The molecule has 51 heavy (non-hydrogen) atoms. The van der Waals surface area contributed by atoms with E-state index >= 15 is 0 Å². The zero-order chi connectivity index (χ0) is 36.2. The van der Waals surface area contributed by atoms with Crippen LogP contribution in [0.1, 0.15) is 140 Å². The van der Waals surface area contributed by atoms with Crippen LogP contribution in [0.4, 0.5) is 0 Å². The van der Waals surface area contributed by atoms with E-state index in [2.05, 4.69) is 10.6 Å². The lowest BCUT2D eigenvalue weighted by Gasteiger charge is -2.53. The molecule has 3 heterocycles. The number of phenolic OH excluding ortho intramolecular Hbond substituents is 1. The van der Waals surface area contributed by atoms with Gasteiger partial charge >= 0.3 is 11.9 Å². The number of amides is 1. The van der Waals surface area contributed by atoms with Gasteiger partial charge < -0.3 is 40.2 Å². The van der Waals surface area contributed by atoms with Gasteiger partial charge in [0.25, 0.3) is 0 Å². The summed E-state index contributed by atoms with van der Waals surface area (Å²) in [6.07, 6.45) is 9.08. The third-order valence-electron chi connectivity index (χ3n) is 13.1. The number of hydrogen-bond donors (Lipinski definition) is 5. The zero-order valence-electron chi connectivity index (χ0n) is 30.6. The van der Waals surface area contributed by atoms with E-state index in [1.807, 2.05) is 6.07 Å². The molecule has 1 aromatic carbocycles. The van der Waals surface area contributed by atoms with E-state index in [0.29, 0.717) is 57.3 Å². The number of nitrogens with one attached hydrogen (secondary N) is 2. The molecule has 2 aliphatic carbocycles. The Morgan fingerprint density at radius 1 is 1.02 bits per heavy atom. The van der Waals surface area contributed by atoms with E-state index < -0.39 is 35.2 Å². The van der Waals surface area contributed by atoms with E-state index in [0.717, 1.165) is 75.6 Å². The van der Waals surface area contributed by atoms with Crippen LogP contribution in [-0.4, -0.2) is 83.3 Å². The summed E-state index contributed by atoms with van der Waals surface area (Å²) >= 11 is 0. The highest BCUT2D eigenvalue weighted by molar-refractivity contribution is 5.90. The van der Waals surface area contributed by atoms with Gasteiger partial charge in [0.05, 0.1) is 12.7 Å². The van der Waals surface area contributed by atoms with Crippen LogP contribution in [0.15, 0.2) is 12.1 Å². The molecule has 5 N–H and O–H groups in total. The van der Waals surface area contributed by atoms with Crippen molar-refractivity contribution in [2.24, 2.45) is 17.3 Å². The Hall–Kier alpha value is -2.89. The Morgan fingerprint density at radius 2 is 1.82 bits per heavy atom. The lowest BCUT2D eigenvalue weighted by molar-refractivity contribution is -0.182. The van der Waals surface area contributed by atoms with Gasteiger partial charge in [0.2, 0.25) is 5.91 Å². The van der Waals surface area contributed by atoms with Gasteiger partial charge in [-0.2, -0.15) is 0 Å². The van der Waals surface area contributed by atoms with Crippen molar-refractivity contribution in [3.8, 4) is 11.5 Å². The summed E-state index contributed by atoms with van der Waals surface area (Å²) in [6, 6.07) is 3.77. The average Bonchev–Trinajstić information content (AvgIpc) is 3.12. The molecule has 0 aromatic heterocycles. The number of hydrogen-bond acceptors (Lipinski definition) is 10. The van der Waals surface area contributed by atoms with Gasteiger partial charge in [0.15, 0.2) is 11.5 Å². The Morgan fingerprint density at radius 3 is 2.57 bits per heavy atom. The third kappa shape index (κ3) is 7.91. The maximum absolute atomic E-state index is 14.9. The van der Waals surface area contributed by atoms with Crippen LogP contribution in [0.25, 0.3) is 0 Å². The van der Waals surface area contributed by atoms with Gasteiger partial charge in [-0.25, -0.2) is 4.79 Å². The summed E-state index contributed by atoms with van der Waals surface area (Å²) in [7, 11) is 0. The number of carbonyl (C=O) groups is 3. The number of piperidine rings is 2. The fraction of sp³-hybridized carbons (Fsp3) is 0.775. The van der Waals surface area contributed by atoms with Crippen LogP contribution in [-0.2, 0) is 23.9 Å². The third-order valence-corrected chi connectivity index (χ3v) is 13.1. The van der Waals surface area contributed by atoms with Crippen LogP contribution in [0.5, 0.6) is 11.5 Å². The minimum Gasteiger partial charge on any atom is -0.504 e. The summed E-state index contributed by atoms with van der Waals surface area (Å²) in [5.74, 6) is -0.109. The molecule has 1 aromatic rings. The van der Waals surface area contributed by atoms with Gasteiger partial charge in [-0.3, -0.25) is 9.59 Å². The van der Waals surface area contributed by atoms with Crippen molar-refractivity contribution < 1.29 is 43.9 Å². The molecule has 2 saturated heterocycles. The largest absolute Gasteiger partial charge is 0.504 e. The Kier molecular flexibility index (Phi) is 12.2. The number of esters is 2. The molecule has 11 nitrogen and oxygen atoms in total. The number of carbonyl (C=O) groups excluding carboxylic acids is 3. The molecule has 6 rings (SSSR count). The minimum absolute atomic E-state index is 0.00499. The van der Waals surface area contributed by atoms with E-state index in [-0.39, 0.29) is 54.3 Å². The second-order valence-electron chi connectivity index (χ2n) is 16.2. The molecule has 3 fully saturated rings. The molecule has 8 unspecified atom stereocenters. The van der Waals surface area contributed by atoms with Crippen molar-refractivity contribution in [3.05, 3.63) is 23.3 Å². The first kappa shape index (κ1) is 37.9. The number of fused-ring (bicyclic) bond motifs is 1. The average molecular weight is 713 g/mol. The Balaban J connectivity index is 1.45. The lowest BCUT2D eigenvalue weighted by Crippen LogP contribution is -2.65. The van der Waals surface area contributed by atoms with Crippen LogP contribution >= 0.6 is 0 Å². The number of rotatable bonds is 14. The first-order valence-electron chi connectivity index (χ1n) is 19.8. The van der Waals surface area contributed by atoms with E-state index in [9.17, 15) is 29.7 Å². The number of phenols is 1. The van der Waals surface area contributed by atoms with Crippen molar-refractivity contribution >= 4 is 17.8 Å². The van der Waals surface area contributed by atoms with Gasteiger partial charge in [-0.15, -0.1) is 0 Å². The molecule has 284 valence electrons. The molecule has 8 atom stereocenters. The predicted octanol–water partition coefficient (Wildman–Crippen LogP) is 5.13. The van der Waals surface area contributed by atoms with Crippen LogP contribution in [0, 0.1) is 17.3 Å². The Labute approximate surface area is 302 Å². The fourth-order valence-electron chi connectivity index (χ4n) is 10.6. The standard InChI is InChI=1S/C40H60N2O9/c1-25(44)8-9-27(6-5-22-43)33(50-26(2)45)24-34(51-38(48)40-17-4-3-7-29(40)11-15-35(47)42-40)39(18-20-41-21-19-39)31-13-10-28-16-23-49-37-32(46)14-12-30(31)36(28)37/h12,14,25,27-29,31,33-34,41,43-44,46H,3-11,13,15-24H2,1-2H3,(H,42,47). The number of aliphatic hydroxyl groups excluding tert-OH is 2. The molecule has 5 aliphatic rings. The summed E-state index contributed by atoms with van der Waals surface area (Å²) in [4.78, 5) is 40.6. The predicted molar refractivity (Wildman–Crippen MR) is 190 cm³/mol. The summed E-state index contributed by atoms with van der Waals surface area (Å²) in [6.45, 7) is 5.16. The monoisotopic (exact) mass is 712 g/mol. The van der Waals surface area contributed by atoms with Gasteiger partial charge in [0.1, 0.15) is 17.7 Å². The summed E-state index contributed by atoms with van der Waals surface area (Å²) in [5, 5.41) is 37.7. The van der Waals surface area contributed by atoms with E-state index in [4.69, 9.17) is 14.2 Å². The molecule has 1 saturated carbocycles. The summed E-state index contributed by atoms with van der Waals surface area (Å²) in [5.41, 5.74) is 0.581. The molecule has 11 heteroatoms.